The van der Waals surface area contributed by atoms with Crippen molar-refractivity contribution in [2.24, 2.45) is 0 Å². The van der Waals surface area contributed by atoms with Gasteiger partial charge in [-0.05, 0) is 40.0 Å². The lowest BCUT2D eigenvalue weighted by Gasteiger charge is -2.27. The summed E-state index contributed by atoms with van der Waals surface area (Å²) in [6.45, 7) is 7.05. The van der Waals surface area contributed by atoms with Gasteiger partial charge in [0.15, 0.2) is 0 Å². The molecule has 6 heteroatoms. The van der Waals surface area contributed by atoms with E-state index in [2.05, 4.69) is 31.1 Å². The predicted molar refractivity (Wildman–Crippen MR) is 75.3 cm³/mol. The second-order valence-corrected chi connectivity index (χ2v) is 7.60. The summed E-state index contributed by atoms with van der Waals surface area (Å²) in [5.41, 5.74) is 0.917. The highest BCUT2D eigenvalue weighted by molar-refractivity contribution is 7.11. The Morgan fingerprint density at radius 3 is 2.60 bits per heavy atom. The first-order valence-corrected chi connectivity index (χ1v) is 7.76. The van der Waals surface area contributed by atoms with Crippen LogP contribution in [0.5, 0.6) is 0 Å². The zero-order chi connectivity index (χ0) is 15.0. The Morgan fingerprint density at radius 1 is 1.30 bits per heavy atom. The topological polar surface area (TPSA) is 24.9 Å². The molecule has 1 aromatic rings. The van der Waals surface area contributed by atoms with Crippen molar-refractivity contribution in [3.63, 3.8) is 0 Å². The van der Waals surface area contributed by atoms with E-state index in [0.29, 0.717) is 0 Å². The van der Waals surface area contributed by atoms with Crippen molar-refractivity contribution >= 4 is 11.3 Å². The number of nitrogens with zero attached hydrogens (tertiary/aromatic N) is 1. The molecule has 1 aromatic heterocycles. The van der Waals surface area contributed by atoms with E-state index in [0.717, 1.165) is 36.4 Å². The van der Waals surface area contributed by atoms with Crippen LogP contribution in [0.3, 0.4) is 0 Å². The Kier molecular flexibility index (Phi) is 4.44. The van der Waals surface area contributed by atoms with Crippen LogP contribution < -0.4 is 5.32 Å². The van der Waals surface area contributed by atoms with Crippen LogP contribution in [0.4, 0.5) is 13.2 Å². The standard InChI is InChI=1S/C14H21F3N2S/c1-13(2,3)18-8-9-5-4-6-10-12(9)19-11(20-10)7-14(15,16)17/h9,18H,4-8H2,1-3H3. The molecule has 0 saturated carbocycles. The number of thiazole rings is 1. The first-order chi connectivity index (χ1) is 9.14. The van der Waals surface area contributed by atoms with Gasteiger partial charge >= 0.3 is 6.18 Å². The number of hydrogen-bond acceptors (Lipinski definition) is 3. The van der Waals surface area contributed by atoms with Crippen LogP contribution in [0, 0.1) is 0 Å². The molecule has 0 aliphatic heterocycles. The minimum Gasteiger partial charge on any atom is -0.311 e. The van der Waals surface area contributed by atoms with Crippen molar-refractivity contribution in [3.05, 3.63) is 15.6 Å². The first-order valence-electron chi connectivity index (χ1n) is 6.94. The highest BCUT2D eigenvalue weighted by Crippen LogP contribution is 2.36. The van der Waals surface area contributed by atoms with E-state index in [1.54, 1.807) is 0 Å². The van der Waals surface area contributed by atoms with E-state index >= 15 is 0 Å². The fraction of sp³-hybridized carbons (Fsp3) is 0.786. The molecule has 0 fully saturated rings. The molecule has 20 heavy (non-hydrogen) atoms. The van der Waals surface area contributed by atoms with Gasteiger partial charge in [-0.2, -0.15) is 13.2 Å². The maximum Gasteiger partial charge on any atom is 0.395 e. The largest absolute Gasteiger partial charge is 0.395 e. The highest BCUT2D eigenvalue weighted by atomic mass is 32.1. The van der Waals surface area contributed by atoms with Crippen molar-refractivity contribution in [2.75, 3.05) is 6.54 Å². The minimum atomic E-state index is -4.17. The molecule has 1 aliphatic rings. The van der Waals surface area contributed by atoms with Gasteiger partial charge in [0.1, 0.15) is 5.01 Å². The molecule has 2 rings (SSSR count). The molecule has 0 amide bonds. The van der Waals surface area contributed by atoms with Crippen LogP contribution >= 0.6 is 11.3 Å². The van der Waals surface area contributed by atoms with E-state index in [4.69, 9.17) is 0 Å². The normalized spacial score (nSPS) is 20.0. The molecular formula is C14H21F3N2S. The zero-order valence-electron chi connectivity index (χ0n) is 12.1. The molecule has 1 heterocycles. The number of alkyl halides is 3. The van der Waals surface area contributed by atoms with Crippen LogP contribution in [-0.4, -0.2) is 23.2 Å². The number of halogens is 3. The van der Waals surface area contributed by atoms with E-state index in [-0.39, 0.29) is 16.5 Å². The Bertz CT molecular complexity index is 460. The fourth-order valence-electron chi connectivity index (χ4n) is 2.43. The van der Waals surface area contributed by atoms with E-state index in [1.807, 2.05) is 0 Å². The van der Waals surface area contributed by atoms with Gasteiger partial charge in [0.2, 0.25) is 0 Å². The van der Waals surface area contributed by atoms with Crippen molar-refractivity contribution in [3.8, 4) is 0 Å². The van der Waals surface area contributed by atoms with Gasteiger partial charge in [0.25, 0.3) is 0 Å². The summed E-state index contributed by atoms with van der Waals surface area (Å²) in [5.74, 6) is 0.246. The smallest absolute Gasteiger partial charge is 0.311 e. The third-order valence-corrected chi connectivity index (χ3v) is 4.48. The molecule has 0 saturated heterocycles. The quantitative estimate of drug-likeness (QED) is 0.911. The number of aromatic nitrogens is 1. The van der Waals surface area contributed by atoms with Crippen LogP contribution in [-0.2, 0) is 12.8 Å². The van der Waals surface area contributed by atoms with Gasteiger partial charge in [-0.3, -0.25) is 0 Å². The van der Waals surface area contributed by atoms with Gasteiger partial charge < -0.3 is 5.32 Å². The number of hydrogen-bond donors (Lipinski definition) is 1. The number of rotatable bonds is 3. The molecule has 114 valence electrons. The van der Waals surface area contributed by atoms with Gasteiger partial charge in [0, 0.05) is 22.9 Å². The Hall–Kier alpha value is -0.620. The Morgan fingerprint density at radius 2 is 2.00 bits per heavy atom. The third kappa shape index (κ3) is 4.45. The van der Waals surface area contributed by atoms with Gasteiger partial charge in [-0.1, -0.05) is 0 Å². The minimum absolute atomic E-state index is 0.0163. The average Bonchev–Trinajstić information content (AvgIpc) is 2.64. The summed E-state index contributed by atoms with van der Waals surface area (Å²) in [5, 5.41) is 3.65. The zero-order valence-corrected chi connectivity index (χ0v) is 12.9. The van der Waals surface area contributed by atoms with Crippen molar-refractivity contribution in [2.45, 2.75) is 64.1 Å². The van der Waals surface area contributed by atoms with E-state index in [1.165, 1.54) is 11.3 Å². The summed E-state index contributed by atoms with van der Waals surface area (Å²) >= 11 is 1.24. The van der Waals surface area contributed by atoms with E-state index in [9.17, 15) is 13.2 Å². The van der Waals surface area contributed by atoms with Crippen LogP contribution in [0.1, 0.15) is 55.1 Å². The predicted octanol–water partition coefficient (Wildman–Crippen LogP) is 4.06. The fourth-order valence-corrected chi connectivity index (χ4v) is 3.66. The first kappa shape index (κ1) is 15.8. The average molecular weight is 306 g/mol. The Labute approximate surface area is 121 Å². The number of aryl methyl sites for hydroxylation is 1. The molecule has 0 bridgehead atoms. The molecule has 1 atom stereocenters. The maximum atomic E-state index is 12.5. The molecule has 0 radical (unpaired) electrons. The SMILES string of the molecule is CC(C)(C)NCC1CCCc2sc(CC(F)(F)F)nc21. The molecule has 1 aliphatic carbocycles. The highest BCUT2D eigenvalue weighted by Gasteiger charge is 2.32. The summed E-state index contributed by atoms with van der Waals surface area (Å²) in [6, 6.07) is 0. The molecule has 0 spiro atoms. The van der Waals surface area contributed by atoms with Crippen molar-refractivity contribution < 1.29 is 13.2 Å². The molecule has 1 unspecified atom stereocenters. The third-order valence-electron chi connectivity index (χ3n) is 3.35. The lowest BCUT2D eigenvalue weighted by Crippen LogP contribution is -2.39. The van der Waals surface area contributed by atoms with Crippen molar-refractivity contribution in [1.82, 2.24) is 10.3 Å². The summed E-state index contributed by atoms with van der Waals surface area (Å²) in [7, 11) is 0. The van der Waals surface area contributed by atoms with Gasteiger partial charge in [-0.25, -0.2) is 4.98 Å². The number of nitrogens with one attached hydrogen (secondary N) is 1. The molecular weight excluding hydrogens is 285 g/mol. The van der Waals surface area contributed by atoms with Crippen LogP contribution in [0.25, 0.3) is 0 Å². The second kappa shape index (κ2) is 5.64. The summed E-state index contributed by atoms with van der Waals surface area (Å²) in [6.07, 6.45) is -2.15. The summed E-state index contributed by atoms with van der Waals surface area (Å²) in [4.78, 5) is 5.33. The molecule has 2 nitrogen and oxygen atoms in total. The van der Waals surface area contributed by atoms with Gasteiger partial charge in [-0.15, -0.1) is 11.3 Å². The monoisotopic (exact) mass is 306 g/mol. The van der Waals surface area contributed by atoms with Crippen molar-refractivity contribution in [1.29, 1.82) is 0 Å². The Balaban J connectivity index is 2.10. The lowest BCUT2D eigenvalue weighted by atomic mass is 9.90. The second-order valence-electron chi connectivity index (χ2n) is 6.43. The van der Waals surface area contributed by atoms with Crippen LogP contribution in [0.15, 0.2) is 0 Å². The van der Waals surface area contributed by atoms with Crippen LogP contribution in [0.2, 0.25) is 0 Å². The number of fused-ring (bicyclic) bond motifs is 1. The summed E-state index contributed by atoms with van der Waals surface area (Å²) < 4.78 is 37.4. The van der Waals surface area contributed by atoms with E-state index < -0.39 is 12.6 Å². The maximum absolute atomic E-state index is 12.5. The molecule has 0 aromatic carbocycles. The van der Waals surface area contributed by atoms with Gasteiger partial charge in [0.05, 0.1) is 12.1 Å². The lowest BCUT2D eigenvalue weighted by molar-refractivity contribution is -0.127. The molecule has 1 N–H and O–H groups in total.